The molecule has 116 valence electrons. The summed E-state index contributed by atoms with van der Waals surface area (Å²) in [5.74, 6) is 0.995. The molecule has 0 unspecified atom stereocenters. The van der Waals surface area contributed by atoms with Gasteiger partial charge in [-0.3, -0.25) is 9.59 Å². The maximum atomic E-state index is 12.0. The highest BCUT2D eigenvalue weighted by molar-refractivity contribution is 6.39. The van der Waals surface area contributed by atoms with Gasteiger partial charge in [-0.05, 0) is 30.2 Å². The van der Waals surface area contributed by atoms with E-state index in [2.05, 4.69) is 15.8 Å². The van der Waals surface area contributed by atoms with Gasteiger partial charge in [0, 0.05) is 19.4 Å². The van der Waals surface area contributed by atoms with Gasteiger partial charge in [0.15, 0.2) is 11.5 Å². The minimum absolute atomic E-state index is 0.167. The summed E-state index contributed by atoms with van der Waals surface area (Å²) in [4.78, 5) is 23.0. The summed E-state index contributed by atoms with van der Waals surface area (Å²) in [7, 11) is 0. The highest BCUT2D eigenvalue weighted by atomic mass is 16.6. The zero-order valence-electron chi connectivity index (χ0n) is 12.3. The van der Waals surface area contributed by atoms with E-state index in [0.717, 1.165) is 16.9 Å². The number of ether oxygens (including phenoxy) is 2. The van der Waals surface area contributed by atoms with Crippen molar-refractivity contribution in [3.05, 3.63) is 23.3 Å². The molecule has 0 saturated heterocycles. The molecule has 0 radical (unpaired) electrons. The van der Waals surface area contributed by atoms with E-state index < -0.39 is 0 Å². The molecule has 7 heteroatoms. The number of nitrogens with zero attached hydrogens (tertiary/aromatic N) is 1. The third-order valence-electron chi connectivity index (χ3n) is 3.61. The first-order chi connectivity index (χ1) is 10.6. The molecular formula is C15H17N3O4. The van der Waals surface area contributed by atoms with Crippen LogP contribution in [0.3, 0.4) is 0 Å². The number of hydrogen-bond acceptors (Lipinski definition) is 5. The second-order valence-electron chi connectivity index (χ2n) is 5.20. The van der Waals surface area contributed by atoms with Gasteiger partial charge in [0.2, 0.25) is 5.91 Å². The molecule has 0 bridgehead atoms. The van der Waals surface area contributed by atoms with E-state index >= 15 is 0 Å². The molecule has 0 aromatic heterocycles. The molecule has 1 aromatic rings. The molecule has 2 N–H and O–H groups in total. The van der Waals surface area contributed by atoms with Crippen molar-refractivity contribution in [1.29, 1.82) is 0 Å². The lowest BCUT2D eigenvalue weighted by Gasteiger charge is -2.20. The van der Waals surface area contributed by atoms with E-state index in [1.54, 1.807) is 0 Å². The van der Waals surface area contributed by atoms with E-state index in [1.165, 1.54) is 0 Å². The van der Waals surface area contributed by atoms with Crippen molar-refractivity contribution in [2.75, 3.05) is 13.2 Å². The van der Waals surface area contributed by atoms with Gasteiger partial charge in [-0.15, -0.1) is 0 Å². The van der Waals surface area contributed by atoms with Crippen LogP contribution in [0.2, 0.25) is 0 Å². The minimum atomic E-state index is -0.269. The first-order valence-corrected chi connectivity index (χ1v) is 7.16. The Morgan fingerprint density at radius 1 is 1.27 bits per heavy atom. The molecule has 2 amide bonds. The van der Waals surface area contributed by atoms with Gasteiger partial charge in [0.1, 0.15) is 18.9 Å². The van der Waals surface area contributed by atoms with E-state index in [4.69, 9.17) is 9.47 Å². The summed E-state index contributed by atoms with van der Waals surface area (Å²) in [6.45, 7) is 3.40. The Bertz CT molecular complexity index is 654. The van der Waals surface area contributed by atoms with Crippen LogP contribution >= 0.6 is 0 Å². The predicted molar refractivity (Wildman–Crippen MR) is 78.8 cm³/mol. The van der Waals surface area contributed by atoms with Gasteiger partial charge in [0.25, 0.3) is 5.91 Å². The third kappa shape index (κ3) is 3.03. The quantitative estimate of drug-likeness (QED) is 0.858. The van der Waals surface area contributed by atoms with Crippen molar-refractivity contribution in [3.63, 3.8) is 0 Å². The average Bonchev–Trinajstić information content (AvgIpc) is 2.53. The largest absolute Gasteiger partial charge is 0.486 e. The second-order valence-corrected chi connectivity index (χ2v) is 5.20. The number of fused-ring (bicyclic) bond motifs is 1. The van der Waals surface area contributed by atoms with Gasteiger partial charge < -0.3 is 14.8 Å². The molecule has 2 aliphatic heterocycles. The van der Waals surface area contributed by atoms with Crippen LogP contribution in [-0.4, -0.2) is 30.7 Å². The van der Waals surface area contributed by atoms with Gasteiger partial charge in [-0.2, -0.15) is 5.10 Å². The predicted octanol–water partition coefficient (Wildman–Crippen LogP) is 0.648. The number of hydrazone groups is 1. The van der Waals surface area contributed by atoms with Crippen molar-refractivity contribution in [2.45, 2.75) is 26.3 Å². The van der Waals surface area contributed by atoms with Crippen LogP contribution in [0, 0.1) is 6.92 Å². The monoisotopic (exact) mass is 303 g/mol. The summed E-state index contributed by atoms with van der Waals surface area (Å²) in [6, 6.07) is 3.79. The standard InChI is InChI=1S/C15H17N3O4/c1-9-6-12-13(22-5-4-21-12)7-10(9)8-16-15(20)11-2-3-14(19)18-17-11/h6-7H,2-5,8H2,1H3,(H,16,20)(H,18,19). The molecule has 0 aliphatic carbocycles. The van der Waals surface area contributed by atoms with E-state index in [-0.39, 0.29) is 18.2 Å². The number of rotatable bonds is 3. The molecule has 0 fully saturated rings. The molecule has 3 rings (SSSR count). The smallest absolute Gasteiger partial charge is 0.267 e. The fraction of sp³-hybridized carbons (Fsp3) is 0.400. The van der Waals surface area contributed by atoms with Crippen LogP contribution in [0.15, 0.2) is 17.2 Å². The number of amides is 2. The first-order valence-electron chi connectivity index (χ1n) is 7.16. The molecule has 0 saturated carbocycles. The van der Waals surface area contributed by atoms with E-state index in [1.807, 2.05) is 19.1 Å². The van der Waals surface area contributed by atoms with Crippen molar-refractivity contribution in [3.8, 4) is 11.5 Å². The molecule has 2 heterocycles. The topological polar surface area (TPSA) is 89.0 Å². The summed E-state index contributed by atoms with van der Waals surface area (Å²) < 4.78 is 11.1. The van der Waals surface area contributed by atoms with E-state index in [0.29, 0.717) is 37.6 Å². The van der Waals surface area contributed by atoms with Gasteiger partial charge in [-0.25, -0.2) is 5.43 Å². The fourth-order valence-electron chi connectivity index (χ4n) is 2.34. The molecule has 22 heavy (non-hydrogen) atoms. The minimum Gasteiger partial charge on any atom is -0.486 e. The number of carbonyl (C=O) groups excluding carboxylic acids is 2. The van der Waals surface area contributed by atoms with Gasteiger partial charge in [-0.1, -0.05) is 0 Å². The lowest BCUT2D eigenvalue weighted by Crippen LogP contribution is -2.36. The zero-order chi connectivity index (χ0) is 15.5. The van der Waals surface area contributed by atoms with Crippen molar-refractivity contribution < 1.29 is 19.1 Å². The van der Waals surface area contributed by atoms with Crippen molar-refractivity contribution in [2.24, 2.45) is 5.10 Å². The van der Waals surface area contributed by atoms with Gasteiger partial charge in [0.05, 0.1) is 0 Å². The second kappa shape index (κ2) is 6.05. The van der Waals surface area contributed by atoms with Crippen LogP contribution in [-0.2, 0) is 16.1 Å². The molecule has 7 nitrogen and oxygen atoms in total. The number of aryl methyl sites for hydroxylation is 1. The lowest BCUT2D eigenvalue weighted by atomic mass is 10.1. The maximum absolute atomic E-state index is 12.0. The maximum Gasteiger partial charge on any atom is 0.267 e. The normalized spacial score (nSPS) is 16.6. The molecule has 1 aromatic carbocycles. The SMILES string of the molecule is Cc1cc2c(cc1CNC(=O)C1=NNC(=O)CC1)OCCO2. The van der Waals surface area contributed by atoms with Crippen LogP contribution in [0.4, 0.5) is 0 Å². The Morgan fingerprint density at radius 2 is 2.00 bits per heavy atom. The summed E-state index contributed by atoms with van der Waals surface area (Å²) in [6.07, 6.45) is 0.646. The molecule has 2 aliphatic rings. The highest BCUT2D eigenvalue weighted by Crippen LogP contribution is 2.32. The molecule has 0 atom stereocenters. The summed E-state index contributed by atoms with van der Waals surface area (Å²) in [5.41, 5.74) is 4.63. The Hall–Kier alpha value is -2.57. The number of carbonyl (C=O) groups is 2. The van der Waals surface area contributed by atoms with Crippen LogP contribution in [0.25, 0.3) is 0 Å². The Kier molecular flexibility index (Phi) is 3.95. The molecular weight excluding hydrogens is 286 g/mol. The van der Waals surface area contributed by atoms with Crippen LogP contribution in [0.5, 0.6) is 11.5 Å². The Balaban J connectivity index is 1.66. The summed E-state index contributed by atoms with van der Waals surface area (Å²) >= 11 is 0. The van der Waals surface area contributed by atoms with Crippen molar-refractivity contribution in [1.82, 2.24) is 10.7 Å². The Labute approximate surface area is 127 Å². The summed E-state index contributed by atoms with van der Waals surface area (Å²) in [5, 5.41) is 6.59. The third-order valence-corrected chi connectivity index (χ3v) is 3.61. The number of benzene rings is 1. The zero-order valence-corrected chi connectivity index (χ0v) is 12.3. The fourth-order valence-corrected chi connectivity index (χ4v) is 2.34. The lowest BCUT2D eigenvalue weighted by molar-refractivity contribution is -0.121. The van der Waals surface area contributed by atoms with E-state index in [9.17, 15) is 9.59 Å². The molecule has 0 spiro atoms. The van der Waals surface area contributed by atoms with Gasteiger partial charge >= 0.3 is 0 Å². The Morgan fingerprint density at radius 3 is 2.68 bits per heavy atom. The van der Waals surface area contributed by atoms with Crippen LogP contribution in [0.1, 0.15) is 24.0 Å². The average molecular weight is 303 g/mol. The first kappa shape index (κ1) is 14.4. The van der Waals surface area contributed by atoms with Crippen molar-refractivity contribution >= 4 is 17.5 Å². The number of nitrogens with one attached hydrogen (secondary N) is 2. The highest BCUT2D eigenvalue weighted by Gasteiger charge is 2.19. The number of hydrogen-bond donors (Lipinski definition) is 2. The van der Waals surface area contributed by atoms with Crippen LogP contribution < -0.4 is 20.2 Å².